The summed E-state index contributed by atoms with van der Waals surface area (Å²) in [6.45, 7) is 1.35. The Balaban J connectivity index is 1.69. The van der Waals surface area contributed by atoms with Gasteiger partial charge >= 0.3 is 18.4 Å². The quantitative estimate of drug-likeness (QED) is 0.314. The molecular weight excluding hydrogens is 533 g/mol. The first-order valence-corrected chi connectivity index (χ1v) is 11.9. The van der Waals surface area contributed by atoms with Crippen LogP contribution in [-0.2, 0) is 30.1 Å². The molecule has 5 nitrogen and oxygen atoms in total. The number of aryl methyl sites for hydroxylation is 1. The molecule has 4 rings (SSSR count). The number of carbonyl (C=O) groups is 1. The van der Waals surface area contributed by atoms with Crippen LogP contribution in [0.25, 0.3) is 0 Å². The number of benzene rings is 2. The van der Waals surface area contributed by atoms with E-state index in [2.05, 4.69) is 10.3 Å². The van der Waals surface area contributed by atoms with E-state index in [0.29, 0.717) is 47.5 Å². The second-order valence-corrected chi connectivity index (χ2v) is 9.22. The largest absolute Gasteiger partial charge is 0.465 e. The monoisotopic (exact) mass is 556 g/mol. The van der Waals surface area contributed by atoms with Gasteiger partial charge in [-0.25, -0.2) is 9.18 Å². The lowest BCUT2D eigenvalue weighted by Gasteiger charge is -2.35. The summed E-state index contributed by atoms with van der Waals surface area (Å²) < 4.78 is 100. The van der Waals surface area contributed by atoms with Crippen LogP contribution < -0.4 is 5.32 Å². The second-order valence-electron chi connectivity index (χ2n) is 9.22. The zero-order valence-electron chi connectivity index (χ0n) is 20.4. The Morgan fingerprint density at radius 2 is 1.64 bits per heavy atom. The Kier molecular flexibility index (Phi) is 7.87. The normalized spacial score (nSPS) is 18.4. The van der Waals surface area contributed by atoms with Crippen molar-refractivity contribution < 1.29 is 45.4 Å². The highest BCUT2D eigenvalue weighted by Gasteiger charge is 2.38. The maximum absolute atomic E-state index is 13.7. The molecule has 3 aromatic rings. The first-order chi connectivity index (χ1) is 18.2. The Labute approximate surface area is 218 Å². The molecule has 1 aromatic heterocycles. The highest BCUT2D eigenvalue weighted by molar-refractivity contribution is 5.64. The third-order valence-electron chi connectivity index (χ3n) is 6.55. The molecule has 0 radical (unpaired) electrons. The van der Waals surface area contributed by atoms with E-state index in [-0.39, 0.29) is 18.2 Å². The van der Waals surface area contributed by atoms with Gasteiger partial charge in [-0.15, -0.1) is 0 Å². The number of alkyl halides is 6. The molecule has 0 fully saturated rings. The standard InChI is InChI=1S/C27H23F7N2O3/c1-14(16-10-17(26(29,30)31)12-18(11-16)27(32,33)34)39-23-9-8-22-21(7-6-20(36-22)13-35-25(37)38)24(23)15-2-4-19(28)5-3-15/h2-7,10-12,14,23-24,35H,8-9,13H2,1H3,(H,37,38)/t14-,23+,24+/m1/s1. The fourth-order valence-electron chi connectivity index (χ4n) is 4.72. The van der Waals surface area contributed by atoms with Crippen LogP contribution in [0.3, 0.4) is 0 Å². The maximum Gasteiger partial charge on any atom is 0.416 e. The number of rotatable bonds is 6. The van der Waals surface area contributed by atoms with E-state index in [0.717, 1.165) is 0 Å². The summed E-state index contributed by atoms with van der Waals surface area (Å²) in [5.41, 5.74) is -0.742. The van der Waals surface area contributed by atoms with Crippen LogP contribution in [0.15, 0.2) is 54.6 Å². The summed E-state index contributed by atoms with van der Waals surface area (Å²) in [6, 6.07) is 10.2. The molecule has 2 N–H and O–H groups in total. The third kappa shape index (κ3) is 6.67. The van der Waals surface area contributed by atoms with Crippen LogP contribution in [0.1, 0.15) is 64.6 Å². The molecule has 0 spiro atoms. The van der Waals surface area contributed by atoms with Crippen LogP contribution in [0.5, 0.6) is 0 Å². The number of pyridine rings is 1. The molecule has 0 saturated heterocycles. The van der Waals surface area contributed by atoms with Crippen molar-refractivity contribution in [1.82, 2.24) is 10.3 Å². The zero-order valence-corrected chi connectivity index (χ0v) is 20.4. The highest BCUT2D eigenvalue weighted by atomic mass is 19.4. The van der Waals surface area contributed by atoms with Gasteiger partial charge in [0.1, 0.15) is 5.82 Å². The maximum atomic E-state index is 13.7. The fourth-order valence-corrected chi connectivity index (χ4v) is 4.72. The van der Waals surface area contributed by atoms with Crippen LogP contribution in [0, 0.1) is 5.82 Å². The van der Waals surface area contributed by atoms with Crippen molar-refractivity contribution in [2.24, 2.45) is 0 Å². The summed E-state index contributed by atoms with van der Waals surface area (Å²) in [6.07, 6.45) is -12.4. The number of nitrogens with zero attached hydrogens (tertiary/aromatic N) is 1. The Hall–Kier alpha value is -3.67. The molecule has 0 bridgehead atoms. The molecule has 39 heavy (non-hydrogen) atoms. The number of ether oxygens (including phenoxy) is 1. The summed E-state index contributed by atoms with van der Waals surface area (Å²) >= 11 is 0. The molecule has 0 saturated carbocycles. The van der Waals surface area contributed by atoms with E-state index in [1.165, 1.54) is 31.2 Å². The van der Waals surface area contributed by atoms with Crippen molar-refractivity contribution >= 4 is 6.09 Å². The first-order valence-electron chi connectivity index (χ1n) is 11.9. The zero-order chi connectivity index (χ0) is 28.5. The lowest BCUT2D eigenvalue weighted by molar-refractivity contribution is -0.143. The molecule has 1 heterocycles. The Bertz CT molecular complexity index is 1310. The SMILES string of the molecule is C[C@@H](O[C@H]1CCc2nc(CNC(=O)O)ccc2[C@@H]1c1ccc(F)cc1)c1cc(C(F)(F)F)cc(C(F)(F)F)c1. The summed E-state index contributed by atoms with van der Waals surface area (Å²) in [4.78, 5) is 15.4. The summed E-state index contributed by atoms with van der Waals surface area (Å²) in [5, 5.41) is 11.1. The molecule has 1 aliphatic carbocycles. The number of fused-ring (bicyclic) bond motifs is 1. The lowest BCUT2D eigenvalue weighted by Crippen LogP contribution is -2.31. The summed E-state index contributed by atoms with van der Waals surface area (Å²) in [5.74, 6) is -1.05. The van der Waals surface area contributed by atoms with Crippen molar-refractivity contribution in [2.75, 3.05) is 0 Å². The van der Waals surface area contributed by atoms with Crippen LogP contribution in [0.2, 0.25) is 0 Å². The number of nitrogens with one attached hydrogen (secondary N) is 1. The van der Waals surface area contributed by atoms with Gasteiger partial charge < -0.3 is 15.2 Å². The molecular formula is C27H23F7N2O3. The van der Waals surface area contributed by atoms with Gasteiger partial charge in [0.25, 0.3) is 0 Å². The number of amides is 1. The summed E-state index contributed by atoms with van der Waals surface area (Å²) in [7, 11) is 0. The van der Waals surface area contributed by atoms with E-state index in [1.807, 2.05) is 0 Å². The molecule has 1 amide bonds. The average Bonchev–Trinajstić information content (AvgIpc) is 2.86. The number of aromatic nitrogens is 1. The van der Waals surface area contributed by atoms with Gasteiger partial charge in [0.2, 0.25) is 0 Å². The predicted molar refractivity (Wildman–Crippen MR) is 125 cm³/mol. The van der Waals surface area contributed by atoms with Gasteiger partial charge in [0.05, 0.1) is 35.6 Å². The minimum Gasteiger partial charge on any atom is -0.465 e. The fraction of sp³-hybridized carbons (Fsp3) is 0.333. The molecule has 208 valence electrons. The van der Waals surface area contributed by atoms with Crippen molar-refractivity contribution in [3.05, 3.63) is 99.6 Å². The van der Waals surface area contributed by atoms with Crippen molar-refractivity contribution in [3.63, 3.8) is 0 Å². The predicted octanol–water partition coefficient (Wildman–Crippen LogP) is 7.25. The van der Waals surface area contributed by atoms with Crippen molar-refractivity contribution in [3.8, 4) is 0 Å². The van der Waals surface area contributed by atoms with E-state index in [9.17, 15) is 35.5 Å². The highest BCUT2D eigenvalue weighted by Crippen LogP contribution is 2.42. The van der Waals surface area contributed by atoms with Gasteiger partial charge in [0, 0.05) is 11.6 Å². The van der Waals surface area contributed by atoms with E-state index in [1.54, 1.807) is 12.1 Å². The molecule has 0 unspecified atom stereocenters. The molecule has 3 atom stereocenters. The minimum atomic E-state index is -4.99. The first kappa shape index (κ1) is 28.3. The van der Waals surface area contributed by atoms with E-state index >= 15 is 0 Å². The molecule has 1 aliphatic rings. The molecule has 2 aromatic carbocycles. The van der Waals surface area contributed by atoms with Crippen LogP contribution >= 0.6 is 0 Å². The van der Waals surface area contributed by atoms with E-state index in [4.69, 9.17) is 9.84 Å². The molecule has 0 aliphatic heterocycles. The second kappa shape index (κ2) is 10.8. The average molecular weight is 556 g/mol. The smallest absolute Gasteiger partial charge is 0.416 e. The van der Waals surface area contributed by atoms with Crippen molar-refractivity contribution in [2.45, 2.75) is 56.8 Å². The van der Waals surface area contributed by atoms with Gasteiger partial charge in [-0.2, -0.15) is 26.3 Å². The Morgan fingerprint density at radius 3 is 2.21 bits per heavy atom. The van der Waals surface area contributed by atoms with Crippen LogP contribution in [0.4, 0.5) is 35.5 Å². The number of carboxylic acid groups (broad SMARTS) is 1. The van der Waals surface area contributed by atoms with Gasteiger partial charge in [-0.1, -0.05) is 18.2 Å². The third-order valence-corrected chi connectivity index (χ3v) is 6.55. The van der Waals surface area contributed by atoms with Crippen molar-refractivity contribution in [1.29, 1.82) is 0 Å². The minimum absolute atomic E-state index is 0.0299. The Morgan fingerprint density at radius 1 is 1.03 bits per heavy atom. The van der Waals surface area contributed by atoms with Gasteiger partial charge in [-0.3, -0.25) is 4.98 Å². The molecule has 12 heteroatoms. The lowest BCUT2D eigenvalue weighted by atomic mass is 9.78. The topological polar surface area (TPSA) is 71.5 Å². The van der Waals surface area contributed by atoms with Crippen LogP contribution in [-0.4, -0.2) is 22.3 Å². The van der Waals surface area contributed by atoms with Gasteiger partial charge in [-0.05, 0) is 72.9 Å². The van der Waals surface area contributed by atoms with Gasteiger partial charge in [0.15, 0.2) is 0 Å². The number of halogens is 7. The number of hydrogen-bond donors (Lipinski definition) is 2. The van der Waals surface area contributed by atoms with E-state index < -0.39 is 53.5 Å². The number of hydrogen-bond acceptors (Lipinski definition) is 3.